The molecule has 3 amide bonds. The number of hydrogen-bond acceptors (Lipinski definition) is 9. The zero-order valence-electron chi connectivity index (χ0n) is 30.4. The van der Waals surface area contributed by atoms with E-state index in [-0.39, 0.29) is 17.9 Å². The molecule has 13 heteroatoms. The molecule has 3 aliphatic rings. The molecule has 1 saturated carbocycles. The monoisotopic (exact) mass is 735 g/mol. The van der Waals surface area contributed by atoms with E-state index in [1.54, 1.807) is 18.3 Å². The Hall–Kier alpha value is -3.78. The SMILES string of the molecule is C[C@@H](C(=O)N[C@H](C(=O)N1CCC[C@H]1c1nc(-c2ccc(OCCOCCOC3CCNCC3)c3ccccc23)cs1)C1CCCCC1)N(C)C(=O)O. The summed E-state index contributed by atoms with van der Waals surface area (Å²) in [6.07, 6.45) is 7.70. The Morgan fingerprint density at radius 3 is 2.50 bits per heavy atom. The van der Waals surface area contributed by atoms with Crippen molar-refractivity contribution in [2.45, 2.75) is 88.9 Å². The van der Waals surface area contributed by atoms with Crippen LogP contribution in [-0.4, -0.2) is 109 Å². The maximum atomic E-state index is 14.3. The van der Waals surface area contributed by atoms with Crippen molar-refractivity contribution in [3.63, 3.8) is 0 Å². The molecule has 2 saturated heterocycles. The first-order valence-corrected chi connectivity index (χ1v) is 19.8. The third kappa shape index (κ3) is 9.22. The van der Waals surface area contributed by atoms with Crippen LogP contribution in [0.2, 0.25) is 0 Å². The van der Waals surface area contributed by atoms with Gasteiger partial charge in [-0.25, -0.2) is 9.78 Å². The van der Waals surface area contributed by atoms with E-state index in [2.05, 4.69) is 28.1 Å². The first-order valence-electron chi connectivity index (χ1n) is 18.9. The van der Waals surface area contributed by atoms with Crippen molar-refractivity contribution in [1.29, 1.82) is 0 Å². The second-order valence-electron chi connectivity index (χ2n) is 14.2. The average molecular weight is 736 g/mol. The number of likely N-dealkylation sites (tertiary alicyclic amines) is 1. The summed E-state index contributed by atoms with van der Waals surface area (Å²) in [6, 6.07) is 10.4. The molecule has 1 aromatic heterocycles. The first-order chi connectivity index (χ1) is 25.3. The van der Waals surface area contributed by atoms with Gasteiger partial charge in [0.2, 0.25) is 11.8 Å². The van der Waals surface area contributed by atoms with Gasteiger partial charge in [0.1, 0.15) is 29.4 Å². The summed E-state index contributed by atoms with van der Waals surface area (Å²) in [6.45, 7) is 6.20. The van der Waals surface area contributed by atoms with E-state index in [1.165, 1.54) is 7.05 Å². The molecule has 3 aromatic rings. The van der Waals surface area contributed by atoms with E-state index in [4.69, 9.17) is 19.2 Å². The second-order valence-corrected chi connectivity index (χ2v) is 15.0. The quantitative estimate of drug-likeness (QED) is 0.164. The fourth-order valence-corrected chi connectivity index (χ4v) is 8.63. The Balaban J connectivity index is 1.11. The molecule has 1 aliphatic carbocycles. The van der Waals surface area contributed by atoms with E-state index in [9.17, 15) is 19.5 Å². The highest BCUT2D eigenvalue weighted by Gasteiger charge is 2.40. The summed E-state index contributed by atoms with van der Waals surface area (Å²) in [5.41, 5.74) is 1.85. The normalized spacial score (nSPS) is 19.7. The molecule has 52 heavy (non-hydrogen) atoms. The van der Waals surface area contributed by atoms with Crippen LogP contribution in [0.25, 0.3) is 22.0 Å². The van der Waals surface area contributed by atoms with Gasteiger partial charge in [-0.2, -0.15) is 0 Å². The van der Waals surface area contributed by atoms with Gasteiger partial charge >= 0.3 is 6.09 Å². The van der Waals surface area contributed by atoms with E-state index in [0.717, 1.165) is 109 Å². The zero-order chi connectivity index (χ0) is 36.5. The topological polar surface area (TPSA) is 143 Å². The van der Waals surface area contributed by atoms with Gasteiger partial charge in [-0.1, -0.05) is 43.5 Å². The van der Waals surface area contributed by atoms with Crippen molar-refractivity contribution >= 4 is 40.0 Å². The van der Waals surface area contributed by atoms with Crippen LogP contribution in [0.4, 0.5) is 4.79 Å². The van der Waals surface area contributed by atoms with Gasteiger partial charge in [0.25, 0.3) is 0 Å². The Labute approximate surface area is 310 Å². The number of likely N-dealkylation sites (N-methyl/N-ethyl adjacent to an activating group) is 1. The number of rotatable bonds is 15. The number of thiazole rings is 1. The highest BCUT2D eigenvalue weighted by Crippen LogP contribution is 2.40. The van der Waals surface area contributed by atoms with Crippen LogP contribution < -0.4 is 15.4 Å². The molecule has 2 aromatic carbocycles. The summed E-state index contributed by atoms with van der Waals surface area (Å²) in [7, 11) is 1.37. The van der Waals surface area contributed by atoms with Gasteiger partial charge < -0.3 is 34.9 Å². The van der Waals surface area contributed by atoms with Crippen LogP contribution in [0.5, 0.6) is 5.75 Å². The Morgan fingerprint density at radius 2 is 1.73 bits per heavy atom. The Bertz CT molecular complexity index is 1660. The summed E-state index contributed by atoms with van der Waals surface area (Å²) < 4.78 is 17.9. The van der Waals surface area contributed by atoms with Gasteiger partial charge in [0.05, 0.1) is 37.7 Å². The number of piperidine rings is 1. The zero-order valence-corrected chi connectivity index (χ0v) is 31.2. The van der Waals surface area contributed by atoms with E-state index in [1.807, 2.05) is 29.2 Å². The molecular weight excluding hydrogens is 683 g/mol. The molecule has 3 heterocycles. The van der Waals surface area contributed by atoms with Crippen molar-refractivity contribution in [2.24, 2.45) is 5.92 Å². The van der Waals surface area contributed by atoms with Crippen LogP contribution in [0, 0.1) is 5.92 Å². The number of aromatic nitrogens is 1. The van der Waals surface area contributed by atoms with Gasteiger partial charge in [0, 0.05) is 29.9 Å². The summed E-state index contributed by atoms with van der Waals surface area (Å²) in [4.78, 5) is 47.1. The lowest BCUT2D eigenvalue weighted by Crippen LogP contribution is -2.56. The lowest BCUT2D eigenvalue weighted by molar-refractivity contribution is -0.140. The molecule has 0 unspecified atom stereocenters. The third-order valence-electron chi connectivity index (χ3n) is 10.8. The van der Waals surface area contributed by atoms with E-state index < -0.39 is 24.1 Å². The Kier molecular flexibility index (Phi) is 13.4. The molecular formula is C39H53N5O7S. The van der Waals surface area contributed by atoms with Crippen LogP contribution in [0.3, 0.4) is 0 Å². The molecule has 6 rings (SSSR count). The van der Waals surface area contributed by atoms with Gasteiger partial charge in [0.15, 0.2) is 0 Å². The fraction of sp³-hybridized carbons (Fsp3) is 0.590. The smallest absolute Gasteiger partial charge is 0.407 e. The van der Waals surface area contributed by atoms with E-state index >= 15 is 0 Å². The summed E-state index contributed by atoms with van der Waals surface area (Å²) in [5, 5.41) is 20.7. The Morgan fingerprint density at radius 1 is 0.981 bits per heavy atom. The highest BCUT2D eigenvalue weighted by molar-refractivity contribution is 7.10. The predicted octanol–water partition coefficient (Wildman–Crippen LogP) is 5.85. The first kappa shape index (κ1) is 38.0. The van der Waals surface area contributed by atoms with Gasteiger partial charge in [-0.05, 0) is 82.0 Å². The third-order valence-corrected chi connectivity index (χ3v) is 11.7. The lowest BCUT2D eigenvalue weighted by atomic mass is 9.83. The number of fused-ring (bicyclic) bond motifs is 1. The molecule has 12 nitrogen and oxygen atoms in total. The number of carbonyl (C=O) groups excluding carboxylic acids is 2. The number of hydrogen-bond donors (Lipinski definition) is 3. The number of carboxylic acid groups (broad SMARTS) is 1. The number of nitrogens with one attached hydrogen (secondary N) is 2. The van der Waals surface area contributed by atoms with Crippen molar-refractivity contribution in [3.05, 3.63) is 46.8 Å². The molecule has 3 fully saturated rings. The maximum absolute atomic E-state index is 14.3. The van der Waals surface area contributed by atoms with Crippen LogP contribution in [0.1, 0.15) is 75.8 Å². The maximum Gasteiger partial charge on any atom is 0.407 e. The predicted molar refractivity (Wildman–Crippen MR) is 201 cm³/mol. The van der Waals surface area contributed by atoms with Gasteiger partial charge in [-0.3, -0.25) is 14.5 Å². The lowest BCUT2D eigenvalue weighted by Gasteiger charge is -2.35. The number of ether oxygens (including phenoxy) is 3. The van der Waals surface area contributed by atoms with Crippen LogP contribution in [-0.2, 0) is 19.1 Å². The standard InChI is InChI=1S/C39H53N5O7S/c1-26(43(2)39(47)48)36(45)42-35(27-9-4-3-5-10-27)38(46)44-20-8-13-33(44)37-41-32(25-52-37)30-14-15-34(31-12-7-6-11-29(30)31)51-24-22-49-21-23-50-28-16-18-40-19-17-28/h6-7,11-12,14-15,25-28,33,35,40H,3-5,8-10,13,16-24H2,1-2H3,(H,42,45)(H,47,48)/t26-,33-,35-/m0/s1. The number of nitrogens with zero attached hydrogens (tertiary/aromatic N) is 3. The minimum atomic E-state index is -1.19. The van der Waals surface area contributed by atoms with Crippen molar-refractivity contribution in [3.8, 4) is 17.0 Å². The molecule has 0 spiro atoms. The van der Waals surface area contributed by atoms with Crippen molar-refractivity contribution in [2.75, 3.05) is 53.1 Å². The second kappa shape index (κ2) is 18.3. The largest absolute Gasteiger partial charge is 0.491 e. The van der Waals surface area contributed by atoms with E-state index in [0.29, 0.717) is 39.1 Å². The molecule has 0 bridgehead atoms. The van der Waals surface area contributed by atoms with Crippen molar-refractivity contribution in [1.82, 2.24) is 25.4 Å². The average Bonchev–Trinajstić information content (AvgIpc) is 3.87. The van der Waals surface area contributed by atoms with Gasteiger partial charge in [-0.15, -0.1) is 11.3 Å². The minimum absolute atomic E-state index is 0.0116. The van der Waals surface area contributed by atoms with Crippen LogP contribution in [0.15, 0.2) is 41.8 Å². The summed E-state index contributed by atoms with van der Waals surface area (Å²) in [5.74, 6) is 0.245. The molecule has 3 N–H and O–H groups in total. The highest BCUT2D eigenvalue weighted by atomic mass is 32.1. The molecule has 282 valence electrons. The fourth-order valence-electron chi connectivity index (χ4n) is 7.66. The van der Waals surface area contributed by atoms with Crippen LogP contribution >= 0.6 is 11.3 Å². The molecule has 3 atom stereocenters. The summed E-state index contributed by atoms with van der Waals surface area (Å²) >= 11 is 1.56. The number of amides is 3. The minimum Gasteiger partial charge on any atom is -0.491 e. The number of benzene rings is 2. The molecule has 0 radical (unpaired) electrons. The van der Waals surface area contributed by atoms with Crippen molar-refractivity contribution < 1.29 is 33.7 Å². The molecule has 2 aliphatic heterocycles. The number of carbonyl (C=O) groups is 3.